The standard InChI is InChI=1S/C18H22N4O4S/c23-18(17-5-7-19-21-17)22-8-6-13-3-4-16(10-14(13)12-22)27(24,25)20-11-15-2-1-9-26-15/h3-5,7,10,15,20H,1-2,6,8-9,11-12H2,(H,19,21). The van der Waals surface area contributed by atoms with Crippen LogP contribution in [0.3, 0.4) is 0 Å². The number of hydrogen-bond donors (Lipinski definition) is 2. The largest absolute Gasteiger partial charge is 0.377 e. The monoisotopic (exact) mass is 390 g/mol. The van der Waals surface area contributed by atoms with Crippen LogP contribution < -0.4 is 4.72 Å². The van der Waals surface area contributed by atoms with Gasteiger partial charge in [-0.3, -0.25) is 9.89 Å². The molecular formula is C18H22N4O4S. The predicted molar refractivity (Wildman–Crippen MR) is 97.6 cm³/mol. The van der Waals surface area contributed by atoms with Crippen molar-refractivity contribution < 1.29 is 17.9 Å². The molecule has 0 spiro atoms. The number of ether oxygens (including phenoxy) is 1. The van der Waals surface area contributed by atoms with E-state index in [-0.39, 0.29) is 23.5 Å². The highest BCUT2D eigenvalue weighted by molar-refractivity contribution is 7.89. The fourth-order valence-electron chi connectivity index (χ4n) is 3.51. The number of aromatic nitrogens is 2. The first-order chi connectivity index (χ1) is 13.0. The van der Waals surface area contributed by atoms with Gasteiger partial charge in [0.25, 0.3) is 5.91 Å². The van der Waals surface area contributed by atoms with Crippen molar-refractivity contribution in [3.05, 3.63) is 47.3 Å². The zero-order valence-corrected chi connectivity index (χ0v) is 15.7. The number of sulfonamides is 1. The molecule has 1 unspecified atom stereocenters. The second kappa shape index (κ2) is 7.41. The summed E-state index contributed by atoms with van der Waals surface area (Å²) in [6, 6.07) is 6.77. The first kappa shape index (κ1) is 18.1. The van der Waals surface area contributed by atoms with Crippen LogP contribution >= 0.6 is 0 Å². The van der Waals surface area contributed by atoms with Gasteiger partial charge in [-0.05, 0) is 48.6 Å². The van der Waals surface area contributed by atoms with Gasteiger partial charge in [0.1, 0.15) is 5.69 Å². The predicted octanol–water partition coefficient (Wildman–Crippen LogP) is 1.07. The number of nitrogens with one attached hydrogen (secondary N) is 2. The van der Waals surface area contributed by atoms with Gasteiger partial charge in [0.15, 0.2) is 0 Å². The van der Waals surface area contributed by atoms with E-state index in [0.717, 1.165) is 24.0 Å². The Hall–Kier alpha value is -2.23. The number of fused-ring (bicyclic) bond motifs is 1. The van der Waals surface area contributed by atoms with E-state index < -0.39 is 10.0 Å². The van der Waals surface area contributed by atoms with Gasteiger partial charge in [0, 0.05) is 32.4 Å². The van der Waals surface area contributed by atoms with E-state index in [1.54, 1.807) is 23.1 Å². The highest BCUT2D eigenvalue weighted by atomic mass is 32.2. The van der Waals surface area contributed by atoms with Crippen LogP contribution in [0.2, 0.25) is 0 Å². The summed E-state index contributed by atoms with van der Waals surface area (Å²) < 4.78 is 33.3. The quantitative estimate of drug-likeness (QED) is 0.795. The second-order valence-electron chi connectivity index (χ2n) is 6.86. The van der Waals surface area contributed by atoms with Gasteiger partial charge in [-0.15, -0.1) is 0 Å². The Morgan fingerprint density at radius 2 is 2.22 bits per heavy atom. The zero-order chi connectivity index (χ0) is 18.9. The number of aromatic amines is 1. The van der Waals surface area contributed by atoms with E-state index in [9.17, 15) is 13.2 Å². The molecule has 2 aliphatic heterocycles. The van der Waals surface area contributed by atoms with E-state index in [4.69, 9.17) is 4.74 Å². The maximum Gasteiger partial charge on any atom is 0.272 e. The van der Waals surface area contributed by atoms with Crippen molar-refractivity contribution in [3.8, 4) is 0 Å². The van der Waals surface area contributed by atoms with Crippen LogP contribution in [0.25, 0.3) is 0 Å². The average molecular weight is 390 g/mol. The summed E-state index contributed by atoms with van der Waals surface area (Å²) in [7, 11) is -3.61. The van der Waals surface area contributed by atoms with Crippen LogP contribution in [-0.2, 0) is 27.7 Å². The number of H-pyrrole nitrogens is 1. The van der Waals surface area contributed by atoms with Crippen LogP contribution in [0.15, 0.2) is 35.4 Å². The van der Waals surface area contributed by atoms with Crippen molar-refractivity contribution in [1.29, 1.82) is 0 Å². The van der Waals surface area contributed by atoms with Crippen molar-refractivity contribution in [3.63, 3.8) is 0 Å². The molecule has 1 fully saturated rings. The normalized spacial score (nSPS) is 19.9. The number of nitrogens with zero attached hydrogens (tertiary/aromatic N) is 2. The fraction of sp³-hybridized carbons (Fsp3) is 0.444. The number of carbonyl (C=O) groups excluding carboxylic acids is 1. The SMILES string of the molecule is O=C(c1ccn[nH]1)N1CCc2ccc(S(=O)(=O)NCC3CCCO3)cc2C1. The second-order valence-corrected chi connectivity index (χ2v) is 8.63. The first-order valence-corrected chi connectivity index (χ1v) is 10.5. The molecule has 144 valence electrons. The highest BCUT2D eigenvalue weighted by Gasteiger charge is 2.25. The molecule has 9 heteroatoms. The molecule has 0 radical (unpaired) electrons. The number of amides is 1. The van der Waals surface area contributed by atoms with Crippen molar-refractivity contribution in [2.75, 3.05) is 19.7 Å². The molecular weight excluding hydrogens is 368 g/mol. The summed E-state index contributed by atoms with van der Waals surface area (Å²) in [5.41, 5.74) is 2.36. The molecule has 2 aliphatic rings. The summed E-state index contributed by atoms with van der Waals surface area (Å²) in [6.45, 7) is 1.94. The van der Waals surface area contributed by atoms with E-state index in [1.165, 1.54) is 6.20 Å². The molecule has 3 heterocycles. The minimum atomic E-state index is -3.61. The average Bonchev–Trinajstić information content (AvgIpc) is 3.38. The third-order valence-electron chi connectivity index (χ3n) is 5.04. The molecule has 4 rings (SSSR count). The maximum absolute atomic E-state index is 12.6. The molecule has 27 heavy (non-hydrogen) atoms. The molecule has 0 aliphatic carbocycles. The molecule has 8 nitrogen and oxygen atoms in total. The zero-order valence-electron chi connectivity index (χ0n) is 14.8. The Morgan fingerprint density at radius 3 is 2.96 bits per heavy atom. The molecule has 0 saturated carbocycles. The fourth-order valence-corrected chi connectivity index (χ4v) is 4.63. The van der Waals surface area contributed by atoms with Crippen molar-refractivity contribution >= 4 is 15.9 Å². The van der Waals surface area contributed by atoms with Gasteiger partial charge < -0.3 is 9.64 Å². The highest BCUT2D eigenvalue weighted by Crippen LogP contribution is 2.24. The Kier molecular flexibility index (Phi) is 4.98. The molecule has 1 atom stereocenters. The Morgan fingerprint density at radius 1 is 1.33 bits per heavy atom. The summed E-state index contributed by atoms with van der Waals surface area (Å²) in [5, 5.41) is 6.49. The summed E-state index contributed by atoms with van der Waals surface area (Å²) in [5.74, 6) is -0.136. The molecule has 0 bridgehead atoms. The lowest BCUT2D eigenvalue weighted by Crippen LogP contribution is -2.36. The van der Waals surface area contributed by atoms with E-state index in [2.05, 4.69) is 14.9 Å². The maximum atomic E-state index is 12.6. The smallest absolute Gasteiger partial charge is 0.272 e. The topological polar surface area (TPSA) is 104 Å². The molecule has 1 amide bonds. The lowest BCUT2D eigenvalue weighted by molar-refractivity contribution is 0.0728. The van der Waals surface area contributed by atoms with E-state index >= 15 is 0 Å². The number of hydrogen-bond acceptors (Lipinski definition) is 5. The van der Waals surface area contributed by atoms with Crippen molar-refractivity contribution in [2.45, 2.75) is 36.8 Å². The van der Waals surface area contributed by atoms with Gasteiger partial charge >= 0.3 is 0 Å². The molecule has 2 aromatic rings. The van der Waals surface area contributed by atoms with Gasteiger partial charge in [0.2, 0.25) is 10.0 Å². The first-order valence-electron chi connectivity index (χ1n) is 9.05. The van der Waals surface area contributed by atoms with Gasteiger partial charge in [0.05, 0.1) is 11.0 Å². The van der Waals surface area contributed by atoms with E-state index in [0.29, 0.717) is 31.8 Å². The van der Waals surface area contributed by atoms with Crippen LogP contribution in [-0.4, -0.2) is 55.2 Å². The molecule has 2 N–H and O–H groups in total. The Bertz CT molecular complexity index is 921. The van der Waals surface area contributed by atoms with Crippen molar-refractivity contribution in [2.24, 2.45) is 0 Å². The van der Waals surface area contributed by atoms with Crippen LogP contribution in [0, 0.1) is 0 Å². The van der Waals surface area contributed by atoms with Gasteiger partial charge in [-0.1, -0.05) is 6.07 Å². The number of rotatable bonds is 5. The van der Waals surface area contributed by atoms with Crippen LogP contribution in [0.1, 0.15) is 34.5 Å². The van der Waals surface area contributed by atoms with Gasteiger partial charge in [-0.2, -0.15) is 5.10 Å². The Balaban J connectivity index is 1.49. The summed E-state index contributed by atoms with van der Waals surface area (Å²) in [6.07, 6.45) is 4.01. The van der Waals surface area contributed by atoms with E-state index in [1.807, 2.05) is 6.07 Å². The van der Waals surface area contributed by atoms with Crippen LogP contribution in [0.5, 0.6) is 0 Å². The third kappa shape index (κ3) is 3.90. The van der Waals surface area contributed by atoms with Crippen molar-refractivity contribution in [1.82, 2.24) is 19.8 Å². The lowest BCUT2D eigenvalue weighted by atomic mass is 9.99. The molecule has 1 saturated heterocycles. The molecule has 1 aromatic heterocycles. The lowest BCUT2D eigenvalue weighted by Gasteiger charge is -2.28. The summed E-state index contributed by atoms with van der Waals surface area (Å²) in [4.78, 5) is 14.4. The number of benzene rings is 1. The Labute approximate surface area is 158 Å². The number of carbonyl (C=O) groups is 1. The van der Waals surface area contributed by atoms with Gasteiger partial charge in [-0.25, -0.2) is 13.1 Å². The van der Waals surface area contributed by atoms with Crippen LogP contribution in [0.4, 0.5) is 0 Å². The third-order valence-corrected chi connectivity index (χ3v) is 6.46. The molecule has 1 aromatic carbocycles. The minimum Gasteiger partial charge on any atom is -0.377 e. The summed E-state index contributed by atoms with van der Waals surface area (Å²) >= 11 is 0. The minimum absolute atomic E-state index is 0.0556.